The highest BCUT2D eigenvalue weighted by atomic mass is 16.2. The van der Waals surface area contributed by atoms with Crippen molar-refractivity contribution in [2.24, 2.45) is 5.92 Å². The molecule has 4 rings (SSSR count). The first kappa shape index (κ1) is 26.9. The van der Waals surface area contributed by atoms with Crippen LogP contribution in [0.3, 0.4) is 0 Å². The van der Waals surface area contributed by atoms with E-state index < -0.39 is 0 Å². The van der Waals surface area contributed by atoms with Crippen LogP contribution in [-0.4, -0.2) is 72.2 Å². The first-order valence-corrected chi connectivity index (χ1v) is 13.5. The van der Waals surface area contributed by atoms with Crippen LogP contribution in [0.2, 0.25) is 0 Å². The number of likely N-dealkylation sites (tertiary alicyclic amines) is 1. The Morgan fingerprint density at radius 1 is 0.919 bits per heavy atom. The standard InChI is InChI=1S/C30H40N4O3/c1-23(2)19-29(36)34-16-8-14-31(3)17-18-33(22-26-10-4-5-12-27(26)34)30(37)25-11-6-9-24(20-25)21-32-15-7-13-28(32)35/h4-6,9-12,20,23H,7-8,13-19,21-22H2,1-3H3. The third-order valence-corrected chi connectivity index (χ3v) is 7.21. The summed E-state index contributed by atoms with van der Waals surface area (Å²) in [7, 11) is 2.07. The number of para-hydroxylation sites is 1. The molecular weight excluding hydrogens is 464 g/mol. The molecule has 198 valence electrons. The number of nitrogens with zero attached hydrogens (tertiary/aromatic N) is 4. The van der Waals surface area contributed by atoms with E-state index in [-0.39, 0.29) is 23.6 Å². The van der Waals surface area contributed by atoms with E-state index in [0.717, 1.165) is 49.3 Å². The lowest BCUT2D eigenvalue weighted by Crippen LogP contribution is -2.37. The van der Waals surface area contributed by atoms with Gasteiger partial charge in [-0.1, -0.05) is 44.2 Å². The van der Waals surface area contributed by atoms with Gasteiger partial charge in [0, 0.05) is 63.4 Å². The molecule has 0 bridgehead atoms. The van der Waals surface area contributed by atoms with E-state index in [0.29, 0.717) is 44.6 Å². The van der Waals surface area contributed by atoms with E-state index in [1.807, 2.05) is 63.2 Å². The van der Waals surface area contributed by atoms with Gasteiger partial charge in [0.2, 0.25) is 11.8 Å². The molecule has 2 heterocycles. The van der Waals surface area contributed by atoms with Gasteiger partial charge in [-0.05, 0) is 61.7 Å². The molecule has 2 aromatic rings. The van der Waals surface area contributed by atoms with Gasteiger partial charge in [0.1, 0.15) is 0 Å². The topological polar surface area (TPSA) is 64.2 Å². The van der Waals surface area contributed by atoms with Gasteiger partial charge in [0.15, 0.2) is 0 Å². The van der Waals surface area contributed by atoms with Crippen molar-refractivity contribution in [3.63, 3.8) is 0 Å². The summed E-state index contributed by atoms with van der Waals surface area (Å²) in [5.41, 5.74) is 3.49. The van der Waals surface area contributed by atoms with Crippen molar-refractivity contribution >= 4 is 23.4 Å². The molecule has 7 heteroatoms. The van der Waals surface area contributed by atoms with Crippen molar-refractivity contribution < 1.29 is 14.4 Å². The van der Waals surface area contributed by atoms with Gasteiger partial charge in [-0.3, -0.25) is 14.4 Å². The molecule has 7 nitrogen and oxygen atoms in total. The summed E-state index contributed by atoms with van der Waals surface area (Å²) >= 11 is 0. The number of carbonyl (C=O) groups is 3. The number of amides is 3. The lowest BCUT2D eigenvalue weighted by atomic mass is 10.1. The quantitative estimate of drug-likeness (QED) is 0.613. The van der Waals surface area contributed by atoms with E-state index in [1.165, 1.54) is 0 Å². The second-order valence-corrected chi connectivity index (χ2v) is 10.8. The number of likely N-dealkylation sites (N-methyl/N-ethyl adjacent to an activating group) is 1. The van der Waals surface area contributed by atoms with Crippen LogP contribution in [0.25, 0.3) is 0 Å². The van der Waals surface area contributed by atoms with E-state index in [1.54, 1.807) is 0 Å². The minimum atomic E-state index is -0.0305. The zero-order chi connectivity index (χ0) is 26.4. The van der Waals surface area contributed by atoms with Crippen LogP contribution < -0.4 is 4.90 Å². The molecule has 1 saturated heterocycles. The third-order valence-electron chi connectivity index (χ3n) is 7.21. The number of fused-ring (bicyclic) bond motifs is 1. The van der Waals surface area contributed by atoms with Gasteiger partial charge >= 0.3 is 0 Å². The lowest BCUT2D eigenvalue weighted by molar-refractivity contribution is -0.128. The van der Waals surface area contributed by atoms with Crippen LogP contribution in [0, 0.1) is 5.92 Å². The normalized spacial score (nSPS) is 17.6. The molecule has 37 heavy (non-hydrogen) atoms. The molecule has 2 aromatic carbocycles. The number of hydrogen-bond donors (Lipinski definition) is 0. The molecule has 0 aliphatic carbocycles. The van der Waals surface area contributed by atoms with Crippen molar-refractivity contribution in [2.75, 3.05) is 44.7 Å². The Morgan fingerprint density at radius 3 is 2.49 bits per heavy atom. The Morgan fingerprint density at radius 2 is 1.73 bits per heavy atom. The van der Waals surface area contributed by atoms with Crippen LogP contribution >= 0.6 is 0 Å². The smallest absolute Gasteiger partial charge is 0.254 e. The van der Waals surface area contributed by atoms with Crippen LogP contribution in [0.4, 0.5) is 5.69 Å². The van der Waals surface area contributed by atoms with E-state index >= 15 is 0 Å². The molecule has 2 aliphatic rings. The number of hydrogen-bond acceptors (Lipinski definition) is 4. The Hall–Kier alpha value is -3.19. The van der Waals surface area contributed by atoms with Gasteiger partial charge in [0.05, 0.1) is 0 Å². The number of benzene rings is 2. The summed E-state index contributed by atoms with van der Waals surface area (Å²) < 4.78 is 0. The fraction of sp³-hybridized carbons (Fsp3) is 0.500. The maximum absolute atomic E-state index is 13.8. The highest BCUT2D eigenvalue weighted by Gasteiger charge is 2.25. The summed E-state index contributed by atoms with van der Waals surface area (Å²) in [6.45, 7) is 8.76. The number of rotatable bonds is 5. The van der Waals surface area contributed by atoms with Crippen LogP contribution in [0.1, 0.15) is 61.0 Å². The van der Waals surface area contributed by atoms with Crippen molar-refractivity contribution in [1.29, 1.82) is 0 Å². The van der Waals surface area contributed by atoms with Crippen molar-refractivity contribution in [3.8, 4) is 0 Å². The highest BCUT2D eigenvalue weighted by Crippen LogP contribution is 2.26. The van der Waals surface area contributed by atoms with E-state index in [9.17, 15) is 14.4 Å². The highest BCUT2D eigenvalue weighted by molar-refractivity contribution is 5.96. The monoisotopic (exact) mass is 504 g/mol. The van der Waals surface area contributed by atoms with Gasteiger partial charge in [-0.15, -0.1) is 0 Å². The molecule has 0 atom stereocenters. The molecule has 0 aromatic heterocycles. The molecule has 0 saturated carbocycles. The van der Waals surface area contributed by atoms with Crippen LogP contribution in [-0.2, 0) is 22.7 Å². The molecule has 0 unspecified atom stereocenters. The minimum absolute atomic E-state index is 0.0305. The average molecular weight is 505 g/mol. The summed E-state index contributed by atoms with van der Waals surface area (Å²) in [6.07, 6.45) is 2.88. The van der Waals surface area contributed by atoms with Crippen molar-refractivity contribution in [1.82, 2.24) is 14.7 Å². The zero-order valence-corrected chi connectivity index (χ0v) is 22.5. The SMILES string of the molecule is CC(C)CC(=O)N1CCCN(C)CCN(C(=O)c2cccc(CN3CCCC3=O)c2)Cc2ccccc21. The summed E-state index contributed by atoms with van der Waals surface area (Å²) in [6, 6.07) is 15.7. The molecule has 1 fully saturated rings. The molecule has 3 amide bonds. The van der Waals surface area contributed by atoms with Crippen LogP contribution in [0.15, 0.2) is 48.5 Å². The maximum atomic E-state index is 13.8. The second kappa shape index (κ2) is 12.4. The van der Waals surface area contributed by atoms with Gasteiger partial charge in [-0.2, -0.15) is 0 Å². The number of carbonyl (C=O) groups excluding carboxylic acids is 3. The Labute approximate surface area is 221 Å². The minimum Gasteiger partial charge on any atom is -0.338 e. The predicted octanol–water partition coefficient (Wildman–Crippen LogP) is 4.17. The molecule has 0 spiro atoms. The molecular formula is C30H40N4O3. The van der Waals surface area contributed by atoms with Crippen LogP contribution in [0.5, 0.6) is 0 Å². The predicted molar refractivity (Wildman–Crippen MR) is 146 cm³/mol. The van der Waals surface area contributed by atoms with Crippen molar-refractivity contribution in [3.05, 3.63) is 65.2 Å². The number of anilines is 1. The van der Waals surface area contributed by atoms with Gasteiger partial charge in [-0.25, -0.2) is 0 Å². The Kier molecular flexibility index (Phi) is 8.98. The largest absolute Gasteiger partial charge is 0.338 e. The Bertz CT molecular complexity index is 1120. The first-order chi connectivity index (χ1) is 17.8. The van der Waals surface area contributed by atoms with Crippen molar-refractivity contribution in [2.45, 2.75) is 52.6 Å². The Balaban J connectivity index is 1.61. The zero-order valence-electron chi connectivity index (χ0n) is 22.5. The maximum Gasteiger partial charge on any atom is 0.254 e. The first-order valence-electron chi connectivity index (χ1n) is 13.5. The lowest BCUT2D eigenvalue weighted by Gasteiger charge is -2.28. The second-order valence-electron chi connectivity index (χ2n) is 10.8. The van der Waals surface area contributed by atoms with E-state index in [4.69, 9.17) is 0 Å². The summed E-state index contributed by atoms with van der Waals surface area (Å²) in [5.74, 6) is 0.560. The molecule has 2 aliphatic heterocycles. The fourth-order valence-electron chi connectivity index (χ4n) is 5.18. The fourth-order valence-corrected chi connectivity index (χ4v) is 5.18. The van der Waals surface area contributed by atoms with Gasteiger partial charge < -0.3 is 19.6 Å². The molecule has 0 N–H and O–H groups in total. The van der Waals surface area contributed by atoms with E-state index in [2.05, 4.69) is 25.8 Å². The van der Waals surface area contributed by atoms with Gasteiger partial charge in [0.25, 0.3) is 5.91 Å². The summed E-state index contributed by atoms with van der Waals surface area (Å²) in [5, 5.41) is 0. The summed E-state index contributed by atoms with van der Waals surface area (Å²) in [4.78, 5) is 47.1. The third kappa shape index (κ3) is 6.98. The molecule has 0 radical (unpaired) electrons. The average Bonchev–Trinajstić information content (AvgIpc) is 3.26.